The molecule has 0 radical (unpaired) electrons. The SMILES string of the molecule is COc1ccc(NC(=O)CCc2cc3cc(C)cc(C)c3[nH]c2=O)cc1. The number of aromatic nitrogens is 1. The second kappa shape index (κ2) is 7.44. The lowest BCUT2D eigenvalue weighted by Crippen LogP contribution is -2.17. The summed E-state index contributed by atoms with van der Waals surface area (Å²) in [5.41, 5.74) is 4.22. The highest BCUT2D eigenvalue weighted by Gasteiger charge is 2.09. The van der Waals surface area contributed by atoms with Crippen molar-refractivity contribution in [1.29, 1.82) is 0 Å². The summed E-state index contributed by atoms with van der Waals surface area (Å²) in [5.74, 6) is 0.603. The van der Waals surface area contributed by atoms with Crippen LogP contribution in [0.15, 0.2) is 47.3 Å². The van der Waals surface area contributed by atoms with Gasteiger partial charge in [0.1, 0.15) is 5.75 Å². The van der Waals surface area contributed by atoms with E-state index in [1.807, 2.05) is 32.0 Å². The Balaban J connectivity index is 1.71. The van der Waals surface area contributed by atoms with Gasteiger partial charge in [0.25, 0.3) is 5.56 Å². The van der Waals surface area contributed by atoms with E-state index in [0.29, 0.717) is 17.7 Å². The minimum atomic E-state index is -0.137. The number of aromatic amines is 1. The molecular weight excluding hydrogens is 328 g/mol. The largest absolute Gasteiger partial charge is 0.497 e. The summed E-state index contributed by atoms with van der Waals surface area (Å²) in [4.78, 5) is 27.4. The van der Waals surface area contributed by atoms with Crippen molar-refractivity contribution in [2.75, 3.05) is 12.4 Å². The van der Waals surface area contributed by atoms with Gasteiger partial charge in [0.05, 0.1) is 12.6 Å². The van der Waals surface area contributed by atoms with Crippen LogP contribution in [0, 0.1) is 13.8 Å². The molecule has 0 fully saturated rings. The summed E-state index contributed by atoms with van der Waals surface area (Å²) >= 11 is 0. The first-order valence-corrected chi connectivity index (χ1v) is 8.53. The standard InChI is InChI=1S/C21H22N2O3/c1-13-10-14(2)20-16(11-13)12-15(21(25)23-20)4-9-19(24)22-17-5-7-18(26-3)8-6-17/h5-8,10-12H,4,9H2,1-3H3,(H,22,24)(H,23,25). The first-order chi connectivity index (χ1) is 12.5. The average molecular weight is 350 g/mol. The van der Waals surface area contributed by atoms with E-state index in [2.05, 4.69) is 10.3 Å². The van der Waals surface area contributed by atoms with E-state index in [-0.39, 0.29) is 17.9 Å². The number of carbonyl (C=O) groups excluding carboxylic acids is 1. The third-order valence-electron chi connectivity index (χ3n) is 4.37. The molecule has 134 valence electrons. The van der Waals surface area contributed by atoms with Gasteiger partial charge < -0.3 is 15.0 Å². The zero-order valence-corrected chi connectivity index (χ0v) is 15.2. The van der Waals surface area contributed by atoms with Crippen LogP contribution in [0.25, 0.3) is 10.9 Å². The maximum absolute atomic E-state index is 12.3. The fourth-order valence-corrected chi connectivity index (χ4v) is 3.06. The Labute approximate surface area is 152 Å². The summed E-state index contributed by atoms with van der Waals surface area (Å²) < 4.78 is 5.09. The predicted octanol–water partition coefficient (Wildman–Crippen LogP) is 3.72. The van der Waals surface area contributed by atoms with Gasteiger partial charge in [0, 0.05) is 17.7 Å². The number of methoxy groups -OCH3 is 1. The van der Waals surface area contributed by atoms with Crippen molar-refractivity contribution in [2.24, 2.45) is 0 Å². The van der Waals surface area contributed by atoms with Crippen molar-refractivity contribution in [2.45, 2.75) is 26.7 Å². The lowest BCUT2D eigenvalue weighted by molar-refractivity contribution is -0.116. The zero-order valence-electron chi connectivity index (χ0n) is 15.2. The van der Waals surface area contributed by atoms with E-state index in [1.165, 1.54) is 0 Å². The molecule has 1 aromatic heterocycles. The Morgan fingerprint density at radius 2 is 1.85 bits per heavy atom. The van der Waals surface area contributed by atoms with Crippen molar-refractivity contribution >= 4 is 22.5 Å². The van der Waals surface area contributed by atoms with E-state index < -0.39 is 0 Å². The summed E-state index contributed by atoms with van der Waals surface area (Å²) in [5, 5.41) is 3.82. The number of carbonyl (C=O) groups is 1. The number of H-pyrrole nitrogens is 1. The van der Waals surface area contributed by atoms with Crippen LogP contribution in [0.2, 0.25) is 0 Å². The number of pyridine rings is 1. The van der Waals surface area contributed by atoms with Crippen molar-refractivity contribution < 1.29 is 9.53 Å². The van der Waals surface area contributed by atoms with Crippen LogP contribution in [-0.4, -0.2) is 18.0 Å². The molecule has 2 N–H and O–H groups in total. The highest BCUT2D eigenvalue weighted by Crippen LogP contribution is 2.19. The van der Waals surface area contributed by atoms with Gasteiger partial charge in [0.15, 0.2) is 0 Å². The maximum atomic E-state index is 12.3. The number of nitrogens with one attached hydrogen (secondary N) is 2. The monoisotopic (exact) mass is 350 g/mol. The summed E-state index contributed by atoms with van der Waals surface area (Å²) in [6.07, 6.45) is 0.631. The molecule has 3 aromatic rings. The van der Waals surface area contributed by atoms with Gasteiger partial charge in [-0.3, -0.25) is 9.59 Å². The number of aryl methyl sites for hydroxylation is 3. The molecular formula is C21H22N2O3. The van der Waals surface area contributed by atoms with Gasteiger partial charge in [-0.25, -0.2) is 0 Å². The van der Waals surface area contributed by atoms with Gasteiger partial charge in [-0.2, -0.15) is 0 Å². The first kappa shape index (κ1) is 17.7. The molecule has 0 unspecified atom stereocenters. The Hall–Kier alpha value is -3.08. The smallest absolute Gasteiger partial charge is 0.251 e. The van der Waals surface area contributed by atoms with Crippen LogP contribution in [0.4, 0.5) is 5.69 Å². The van der Waals surface area contributed by atoms with Crippen LogP contribution in [0.5, 0.6) is 5.75 Å². The molecule has 1 heterocycles. The Bertz CT molecular complexity index is 1000. The second-order valence-corrected chi connectivity index (χ2v) is 6.45. The molecule has 26 heavy (non-hydrogen) atoms. The number of benzene rings is 2. The normalized spacial score (nSPS) is 10.7. The van der Waals surface area contributed by atoms with Crippen LogP contribution in [0.3, 0.4) is 0 Å². The van der Waals surface area contributed by atoms with Crippen molar-refractivity contribution in [3.63, 3.8) is 0 Å². The summed E-state index contributed by atoms with van der Waals surface area (Å²) in [7, 11) is 1.59. The van der Waals surface area contributed by atoms with Crippen molar-refractivity contribution in [3.05, 3.63) is 69.5 Å². The van der Waals surface area contributed by atoms with Gasteiger partial charge in [-0.15, -0.1) is 0 Å². The lowest BCUT2D eigenvalue weighted by atomic mass is 10.0. The Kier molecular flexibility index (Phi) is 5.07. The highest BCUT2D eigenvalue weighted by atomic mass is 16.5. The number of rotatable bonds is 5. The molecule has 0 saturated carbocycles. The first-order valence-electron chi connectivity index (χ1n) is 8.53. The lowest BCUT2D eigenvalue weighted by Gasteiger charge is -2.08. The van der Waals surface area contributed by atoms with E-state index >= 15 is 0 Å². The molecule has 0 aliphatic carbocycles. The number of fused-ring (bicyclic) bond motifs is 1. The number of hydrogen-bond donors (Lipinski definition) is 2. The molecule has 0 saturated heterocycles. The number of anilines is 1. The van der Waals surface area contributed by atoms with E-state index in [0.717, 1.165) is 27.8 Å². The molecule has 5 heteroatoms. The minimum absolute atomic E-state index is 0.130. The van der Waals surface area contributed by atoms with Gasteiger partial charge in [0.2, 0.25) is 5.91 Å². The highest BCUT2D eigenvalue weighted by molar-refractivity contribution is 5.91. The second-order valence-electron chi connectivity index (χ2n) is 6.45. The third-order valence-corrected chi connectivity index (χ3v) is 4.37. The fraction of sp³-hybridized carbons (Fsp3) is 0.238. The summed E-state index contributed by atoms with van der Waals surface area (Å²) in [6.45, 7) is 4.01. The molecule has 0 atom stereocenters. The average Bonchev–Trinajstić information content (AvgIpc) is 2.61. The molecule has 5 nitrogen and oxygen atoms in total. The van der Waals surface area contributed by atoms with Gasteiger partial charge in [-0.1, -0.05) is 11.6 Å². The molecule has 0 bridgehead atoms. The van der Waals surface area contributed by atoms with E-state index in [9.17, 15) is 9.59 Å². The number of amides is 1. The topological polar surface area (TPSA) is 71.2 Å². The molecule has 0 spiro atoms. The molecule has 0 aliphatic heterocycles. The molecule has 2 aromatic carbocycles. The number of hydrogen-bond acceptors (Lipinski definition) is 3. The zero-order chi connectivity index (χ0) is 18.7. The van der Waals surface area contributed by atoms with Gasteiger partial charge in [-0.05, 0) is 67.6 Å². The fourth-order valence-electron chi connectivity index (χ4n) is 3.06. The quantitative estimate of drug-likeness (QED) is 0.737. The van der Waals surface area contributed by atoms with Gasteiger partial charge >= 0.3 is 0 Å². The Morgan fingerprint density at radius 3 is 2.54 bits per heavy atom. The van der Waals surface area contributed by atoms with Crippen molar-refractivity contribution in [1.82, 2.24) is 4.98 Å². The summed E-state index contributed by atoms with van der Waals surface area (Å²) in [6, 6.07) is 13.1. The molecule has 1 amide bonds. The maximum Gasteiger partial charge on any atom is 0.251 e. The van der Waals surface area contributed by atoms with E-state index in [1.54, 1.807) is 31.4 Å². The minimum Gasteiger partial charge on any atom is -0.497 e. The molecule has 3 rings (SSSR count). The Morgan fingerprint density at radius 1 is 1.12 bits per heavy atom. The van der Waals surface area contributed by atoms with Crippen LogP contribution in [0.1, 0.15) is 23.1 Å². The van der Waals surface area contributed by atoms with Crippen LogP contribution in [-0.2, 0) is 11.2 Å². The van der Waals surface area contributed by atoms with E-state index in [4.69, 9.17) is 4.74 Å². The van der Waals surface area contributed by atoms with Crippen molar-refractivity contribution in [3.8, 4) is 5.75 Å². The third kappa shape index (κ3) is 3.94. The number of ether oxygens (including phenoxy) is 1. The molecule has 0 aliphatic rings. The van der Waals surface area contributed by atoms with Crippen LogP contribution < -0.4 is 15.6 Å². The van der Waals surface area contributed by atoms with Crippen LogP contribution >= 0.6 is 0 Å². The predicted molar refractivity (Wildman–Crippen MR) is 104 cm³/mol.